The molecule has 0 N–H and O–H groups in total. The van der Waals surface area contributed by atoms with E-state index in [1.54, 1.807) is 6.92 Å². The second-order valence-corrected chi connectivity index (χ2v) is 3.69. The molecule has 0 unspecified atom stereocenters. The van der Waals surface area contributed by atoms with Crippen LogP contribution in [0.2, 0.25) is 0 Å². The molecule has 0 aliphatic carbocycles. The average molecular weight is 277 g/mol. The summed E-state index contributed by atoms with van der Waals surface area (Å²) >= 11 is 10.8. The van der Waals surface area contributed by atoms with Gasteiger partial charge in [0.25, 0.3) is 10.5 Å². The number of hydrogen-bond acceptors (Lipinski definition) is 4. The number of carbonyl (C=O) groups is 2. The van der Waals surface area contributed by atoms with Gasteiger partial charge in [0.1, 0.15) is 17.1 Å². The monoisotopic (exact) mass is 276 g/mol. The maximum absolute atomic E-state index is 11.3. The first-order chi connectivity index (χ1) is 8.02. The number of hydrogen-bond donors (Lipinski definition) is 0. The van der Waals surface area contributed by atoms with Crippen LogP contribution in [0.1, 0.15) is 27.6 Å². The summed E-state index contributed by atoms with van der Waals surface area (Å²) in [4.78, 5) is 22.5. The molecule has 0 spiro atoms. The molecule has 0 amide bonds. The maximum Gasteiger partial charge on any atom is 0.259 e. The predicted octanol–water partition coefficient (Wildman–Crippen LogP) is 2.85. The SMILES string of the molecule is CCOc1ccc(C(=O)Cl)c(OC)c1C(=O)Cl. The van der Waals surface area contributed by atoms with Crippen molar-refractivity contribution in [1.82, 2.24) is 0 Å². The molecule has 0 fully saturated rings. The van der Waals surface area contributed by atoms with E-state index >= 15 is 0 Å². The third kappa shape index (κ3) is 2.90. The van der Waals surface area contributed by atoms with Gasteiger partial charge in [-0.15, -0.1) is 0 Å². The van der Waals surface area contributed by atoms with E-state index in [2.05, 4.69) is 0 Å². The summed E-state index contributed by atoms with van der Waals surface area (Å²) in [6.07, 6.45) is 0. The van der Waals surface area contributed by atoms with E-state index in [1.165, 1.54) is 19.2 Å². The topological polar surface area (TPSA) is 52.6 Å². The molecule has 0 atom stereocenters. The second kappa shape index (κ2) is 5.89. The number of benzene rings is 1. The van der Waals surface area contributed by atoms with Gasteiger partial charge in [0.15, 0.2) is 0 Å². The van der Waals surface area contributed by atoms with Crippen LogP contribution in [0, 0.1) is 0 Å². The molecule has 0 aromatic heterocycles. The van der Waals surface area contributed by atoms with Gasteiger partial charge >= 0.3 is 0 Å². The quantitative estimate of drug-likeness (QED) is 0.776. The normalized spacial score (nSPS) is 9.88. The first-order valence-electron chi connectivity index (χ1n) is 4.76. The summed E-state index contributed by atoms with van der Waals surface area (Å²) in [5.74, 6) is 0.280. The van der Waals surface area contributed by atoms with Gasteiger partial charge in [-0.1, -0.05) is 0 Å². The molecule has 0 aliphatic heterocycles. The van der Waals surface area contributed by atoms with Crippen LogP contribution in [-0.2, 0) is 0 Å². The van der Waals surface area contributed by atoms with Crippen molar-refractivity contribution < 1.29 is 19.1 Å². The molecule has 6 heteroatoms. The Kier molecular flexibility index (Phi) is 4.78. The van der Waals surface area contributed by atoms with Crippen molar-refractivity contribution in [3.8, 4) is 11.5 Å². The highest BCUT2D eigenvalue weighted by Crippen LogP contribution is 2.34. The molecule has 1 rings (SSSR count). The molecule has 1 aromatic carbocycles. The van der Waals surface area contributed by atoms with E-state index in [9.17, 15) is 9.59 Å². The fourth-order valence-electron chi connectivity index (χ4n) is 1.39. The molecule has 92 valence electrons. The lowest BCUT2D eigenvalue weighted by atomic mass is 10.1. The van der Waals surface area contributed by atoms with Crippen molar-refractivity contribution in [1.29, 1.82) is 0 Å². The van der Waals surface area contributed by atoms with Crippen molar-refractivity contribution in [2.75, 3.05) is 13.7 Å². The fraction of sp³-hybridized carbons (Fsp3) is 0.273. The average Bonchev–Trinajstić information content (AvgIpc) is 2.27. The van der Waals surface area contributed by atoms with E-state index < -0.39 is 10.5 Å². The number of ether oxygens (including phenoxy) is 2. The highest BCUT2D eigenvalue weighted by atomic mass is 35.5. The second-order valence-electron chi connectivity index (χ2n) is 3.00. The van der Waals surface area contributed by atoms with Crippen molar-refractivity contribution >= 4 is 33.7 Å². The molecule has 0 radical (unpaired) electrons. The first-order valence-corrected chi connectivity index (χ1v) is 5.52. The Bertz CT molecular complexity index is 457. The van der Waals surface area contributed by atoms with Gasteiger partial charge in [-0.2, -0.15) is 0 Å². The minimum absolute atomic E-state index is 0.00233. The molecule has 0 saturated heterocycles. The van der Waals surface area contributed by atoms with Crippen molar-refractivity contribution in [3.05, 3.63) is 23.3 Å². The largest absolute Gasteiger partial charge is 0.495 e. The summed E-state index contributed by atoms with van der Waals surface area (Å²) in [6, 6.07) is 2.87. The third-order valence-electron chi connectivity index (χ3n) is 2.03. The van der Waals surface area contributed by atoms with Crippen molar-refractivity contribution in [3.63, 3.8) is 0 Å². The number of carbonyl (C=O) groups excluding carboxylic acids is 2. The van der Waals surface area contributed by atoms with Gasteiger partial charge in [-0.05, 0) is 42.3 Å². The van der Waals surface area contributed by atoms with Crippen LogP contribution in [0.3, 0.4) is 0 Å². The first kappa shape index (κ1) is 13.8. The van der Waals surface area contributed by atoms with Gasteiger partial charge in [-0.25, -0.2) is 0 Å². The van der Waals surface area contributed by atoms with Crippen LogP contribution >= 0.6 is 23.2 Å². The standard InChI is InChI=1S/C11H10Cl2O4/c1-3-17-7-5-4-6(10(12)14)9(16-2)8(7)11(13)15/h4-5H,3H2,1-2H3. The van der Waals surface area contributed by atoms with Crippen molar-refractivity contribution in [2.24, 2.45) is 0 Å². The number of rotatable bonds is 5. The van der Waals surface area contributed by atoms with Crippen LogP contribution in [0.15, 0.2) is 12.1 Å². The van der Waals surface area contributed by atoms with Gasteiger partial charge in [0.05, 0.1) is 19.3 Å². The molecule has 17 heavy (non-hydrogen) atoms. The van der Waals surface area contributed by atoms with Gasteiger partial charge in [0, 0.05) is 0 Å². The van der Waals surface area contributed by atoms with Gasteiger partial charge < -0.3 is 9.47 Å². The molecule has 0 heterocycles. The molecular weight excluding hydrogens is 267 g/mol. The van der Waals surface area contributed by atoms with Crippen molar-refractivity contribution in [2.45, 2.75) is 6.92 Å². The van der Waals surface area contributed by atoms with Gasteiger partial charge in [0.2, 0.25) is 0 Å². The van der Waals surface area contributed by atoms with Crippen LogP contribution < -0.4 is 9.47 Å². The Hall–Kier alpha value is -1.26. The molecule has 1 aromatic rings. The lowest BCUT2D eigenvalue weighted by Gasteiger charge is -2.13. The lowest BCUT2D eigenvalue weighted by Crippen LogP contribution is -2.06. The smallest absolute Gasteiger partial charge is 0.259 e. The molecule has 0 saturated carbocycles. The van der Waals surface area contributed by atoms with E-state index in [0.717, 1.165) is 0 Å². The van der Waals surface area contributed by atoms with Crippen LogP contribution in [0.25, 0.3) is 0 Å². The Morgan fingerprint density at radius 1 is 1.24 bits per heavy atom. The number of halogens is 2. The zero-order valence-electron chi connectivity index (χ0n) is 9.25. The summed E-state index contributed by atoms with van der Waals surface area (Å²) < 4.78 is 10.2. The molecule has 4 nitrogen and oxygen atoms in total. The summed E-state index contributed by atoms with van der Waals surface area (Å²) in [5.41, 5.74) is 0.0733. The highest BCUT2D eigenvalue weighted by Gasteiger charge is 2.22. The van der Waals surface area contributed by atoms with Crippen LogP contribution in [0.5, 0.6) is 11.5 Å². The third-order valence-corrected chi connectivity index (χ3v) is 2.42. The Morgan fingerprint density at radius 2 is 1.88 bits per heavy atom. The summed E-state index contributed by atoms with van der Waals surface area (Å²) in [6.45, 7) is 2.12. The Morgan fingerprint density at radius 3 is 2.29 bits per heavy atom. The molecule has 0 aliphatic rings. The van der Waals surface area contributed by atoms with Gasteiger partial charge in [-0.3, -0.25) is 9.59 Å². The van der Waals surface area contributed by atoms with E-state index in [4.69, 9.17) is 32.7 Å². The fourth-order valence-corrected chi connectivity index (χ4v) is 1.72. The number of methoxy groups -OCH3 is 1. The lowest BCUT2D eigenvalue weighted by molar-refractivity contribution is 0.107. The Labute approximate surface area is 108 Å². The Balaban J connectivity index is 3.49. The summed E-state index contributed by atoms with van der Waals surface area (Å²) in [5, 5.41) is -1.51. The minimum Gasteiger partial charge on any atom is -0.495 e. The van der Waals surface area contributed by atoms with E-state index in [1.807, 2.05) is 0 Å². The minimum atomic E-state index is -0.773. The maximum atomic E-state index is 11.3. The predicted molar refractivity (Wildman–Crippen MR) is 64.5 cm³/mol. The summed E-state index contributed by atoms with van der Waals surface area (Å²) in [7, 11) is 1.32. The molecular formula is C11H10Cl2O4. The zero-order valence-corrected chi connectivity index (χ0v) is 10.8. The van der Waals surface area contributed by atoms with E-state index in [-0.39, 0.29) is 22.6 Å². The van der Waals surface area contributed by atoms with E-state index in [0.29, 0.717) is 6.61 Å². The zero-order chi connectivity index (χ0) is 13.0. The highest BCUT2D eigenvalue weighted by molar-refractivity contribution is 6.70. The van der Waals surface area contributed by atoms with Crippen LogP contribution in [-0.4, -0.2) is 24.2 Å². The van der Waals surface area contributed by atoms with Crippen LogP contribution in [0.4, 0.5) is 0 Å². The molecule has 0 bridgehead atoms.